The smallest absolute Gasteiger partial charge is 0.234 e. The molecule has 10 heteroatoms. The van der Waals surface area contributed by atoms with Crippen LogP contribution in [-0.2, 0) is 22.7 Å². The number of primary amides is 1. The number of amides is 2. The fourth-order valence-electron chi connectivity index (χ4n) is 3.92. The van der Waals surface area contributed by atoms with Crippen molar-refractivity contribution >= 4 is 29.3 Å². The van der Waals surface area contributed by atoms with Gasteiger partial charge in [-0.05, 0) is 50.1 Å². The third kappa shape index (κ3) is 4.86. The topological polar surface area (TPSA) is 119 Å². The lowest BCUT2D eigenvalue weighted by Crippen LogP contribution is -2.39. The second kappa shape index (κ2) is 10.0. The molecule has 3 heterocycles. The number of benzene rings is 1. The molecule has 0 aliphatic carbocycles. The highest BCUT2D eigenvalue weighted by Crippen LogP contribution is 2.26. The van der Waals surface area contributed by atoms with Crippen molar-refractivity contribution in [2.45, 2.75) is 44.1 Å². The second-order valence-electron chi connectivity index (χ2n) is 7.55. The van der Waals surface area contributed by atoms with Crippen LogP contribution in [0.4, 0.5) is 5.69 Å². The summed E-state index contributed by atoms with van der Waals surface area (Å²) in [4.78, 5) is 26.5. The van der Waals surface area contributed by atoms with Crippen molar-refractivity contribution in [3.05, 3.63) is 48.2 Å². The molecule has 1 saturated heterocycles. The van der Waals surface area contributed by atoms with E-state index in [0.29, 0.717) is 29.8 Å². The fourth-order valence-corrected chi connectivity index (χ4v) is 4.72. The van der Waals surface area contributed by atoms with Crippen LogP contribution >= 0.6 is 11.8 Å². The van der Waals surface area contributed by atoms with Crippen molar-refractivity contribution < 1.29 is 14.0 Å². The van der Waals surface area contributed by atoms with E-state index in [2.05, 4.69) is 20.4 Å². The maximum atomic E-state index is 12.7. The van der Waals surface area contributed by atoms with Crippen molar-refractivity contribution in [3.63, 3.8) is 0 Å². The maximum Gasteiger partial charge on any atom is 0.234 e. The molecule has 3 N–H and O–H groups in total. The summed E-state index contributed by atoms with van der Waals surface area (Å²) in [6.07, 6.45) is 3.31. The predicted molar refractivity (Wildman–Crippen MR) is 122 cm³/mol. The molecule has 32 heavy (non-hydrogen) atoms. The minimum Gasteiger partial charge on any atom is -0.461 e. The van der Waals surface area contributed by atoms with E-state index in [4.69, 9.17) is 10.2 Å². The van der Waals surface area contributed by atoms with Crippen molar-refractivity contribution in [1.82, 2.24) is 19.7 Å². The van der Waals surface area contributed by atoms with Crippen LogP contribution in [-0.4, -0.2) is 49.8 Å². The SMILES string of the molecule is CCn1c(SCC(=O)Nc2ccccc2CN2CCCC2C(N)=O)nnc1-c1ccco1. The minimum atomic E-state index is -0.297. The van der Waals surface area contributed by atoms with Gasteiger partial charge in [-0.3, -0.25) is 19.1 Å². The number of furan rings is 1. The molecule has 0 spiro atoms. The zero-order valence-electron chi connectivity index (χ0n) is 17.9. The molecule has 1 atom stereocenters. The molecule has 0 saturated carbocycles. The van der Waals surface area contributed by atoms with E-state index in [1.165, 1.54) is 11.8 Å². The van der Waals surface area contributed by atoms with Crippen LogP contribution < -0.4 is 11.1 Å². The Hall–Kier alpha value is -3.11. The zero-order valence-corrected chi connectivity index (χ0v) is 18.7. The third-order valence-corrected chi connectivity index (χ3v) is 6.43. The van der Waals surface area contributed by atoms with Crippen LogP contribution in [0.25, 0.3) is 11.6 Å². The molecule has 168 valence electrons. The number of nitrogens with two attached hydrogens (primary N) is 1. The fraction of sp³-hybridized carbons (Fsp3) is 0.364. The van der Waals surface area contributed by atoms with Gasteiger partial charge < -0.3 is 15.5 Å². The molecule has 1 aliphatic heterocycles. The summed E-state index contributed by atoms with van der Waals surface area (Å²) in [6.45, 7) is 4.03. The van der Waals surface area contributed by atoms with Crippen LogP contribution in [0.1, 0.15) is 25.3 Å². The summed E-state index contributed by atoms with van der Waals surface area (Å²) in [6, 6.07) is 11.0. The molecular formula is C22H26N6O3S. The van der Waals surface area contributed by atoms with Crippen molar-refractivity contribution in [3.8, 4) is 11.6 Å². The first-order valence-corrected chi connectivity index (χ1v) is 11.6. The highest BCUT2D eigenvalue weighted by molar-refractivity contribution is 7.99. The molecule has 4 rings (SSSR count). The normalized spacial score (nSPS) is 16.3. The lowest BCUT2D eigenvalue weighted by atomic mass is 10.1. The largest absolute Gasteiger partial charge is 0.461 e. The number of para-hydroxylation sites is 1. The molecule has 9 nitrogen and oxygen atoms in total. The van der Waals surface area contributed by atoms with E-state index in [1.807, 2.05) is 41.8 Å². The molecule has 1 fully saturated rings. The number of thioether (sulfide) groups is 1. The lowest BCUT2D eigenvalue weighted by molar-refractivity contribution is -0.122. The summed E-state index contributed by atoms with van der Waals surface area (Å²) in [5.41, 5.74) is 7.23. The second-order valence-corrected chi connectivity index (χ2v) is 8.50. The number of nitrogens with one attached hydrogen (secondary N) is 1. The standard InChI is InChI=1S/C22H26N6O3S/c1-2-28-21(18-10-6-12-31-18)25-26-22(28)32-14-19(29)24-16-8-4-3-7-15(16)13-27-11-5-9-17(27)20(23)30/h3-4,6-8,10,12,17H,2,5,9,11,13-14H2,1H3,(H2,23,30)(H,24,29). The number of nitrogens with zero attached hydrogens (tertiary/aromatic N) is 4. The Morgan fingerprint density at radius 3 is 2.84 bits per heavy atom. The number of hydrogen-bond acceptors (Lipinski definition) is 7. The van der Waals surface area contributed by atoms with E-state index < -0.39 is 0 Å². The molecule has 2 amide bonds. The van der Waals surface area contributed by atoms with E-state index in [9.17, 15) is 9.59 Å². The monoisotopic (exact) mass is 454 g/mol. The van der Waals surface area contributed by atoms with Crippen LogP contribution in [0.3, 0.4) is 0 Å². The summed E-state index contributed by atoms with van der Waals surface area (Å²) in [5, 5.41) is 12.1. The van der Waals surface area contributed by atoms with Gasteiger partial charge in [-0.2, -0.15) is 0 Å². The van der Waals surface area contributed by atoms with Crippen LogP contribution in [0.15, 0.2) is 52.2 Å². The summed E-state index contributed by atoms with van der Waals surface area (Å²) < 4.78 is 7.34. The molecule has 1 aromatic carbocycles. The van der Waals surface area contributed by atoms with Gasteiger partial charge in [-0.1, -0.05) is 30.0 Å². The number of carbonyl (C=O) groups excluding carboxylic acids is 2. The Balaban J connectivity index is 1.40. The minimum absolute atomic E-state index is 0.138. The van der Waals surface area contributed by atoms with Gasteiger partial charge in [-0.25, -0.2) is 0 Å². The number of rotatable bonds is 9. The average Bonchev–Trinajstić information content (AvgIpc) is 3.53. The first-order chi connectivity index (χ1) is 15.6. The number of carbonyl (C=O) groups is 2. The molecule has 1 unspecified atom stereocenters. The van der Waals surface area contributed by atoms with E-state index in [0.717, 1.165) is 30.6 Å². The molecule has 3 aromatic rings. The molecule has 0 bridgehead atoms. The lowest BCUT2D eigenvalue weighted by Gasteiger charge is -2.23. The molecular weight excluding hydrogens is 428 g/mol. The number of anilines is 1. The van der Waals surface area contributed by atoms with Crippen LogP contribution in [0.5, 0.6) is 0 Å². The Morgan fingerprint density at radius 1 is 1.25 bits per heavy atom. The van der Waals surface area contributed by atoms with E-state index in [-0.39, 0.29) is 23.6 Å². The first-order valence-electron chi connectivity index (χ1n) is 10.6. The van der Waals surface area contributed by atoms with Gasteiger partial charge in [0.25, 0.3) is 0 Å². The van der Waals surface area contributed by atoms with E-state index in [1.54, 1.807) is 12.3 Å². The maximum absolute atomic E-state index is 12.7. The molecule has 1 aliphatic rings. The Morgan fingerprint density at radius 2 is 2.09 bits per heavy atom. The quantitative estimate of drug-likeness (QED) is 0.477. The summed E-state index contributed by atoms with van der Waals surface area (Å²) in [7, 11) is 0. The van der Waals surface area contributed by atoms with Gasteiger partial charge in [-0.15, -0.1) is 10.2 Å². The predicted octanol–water partition coefficient (Wildman–Crippen LogP) is 2.74. The van der Waals surface area contributed by atoms with Gasteiger partial charge in [0.1, 0.15) is 0 Å². The summed E-state index contributed by atoms with van der Waals surface area (Å²) in [5.74, 6) is 1.04. The number of hydrogen-bond donors (Lipinski definition) is 2. The molecule has 0 radical (unpaired) electrons. The molecule has 2 aromatic heterocycles. The Labute approximate surface area is 190 Å². The zero-order chi connectivity index (χ0) is 22.5. The van der Waals surface area contributed by atoms with Crippen molar-refractivity contribution in [1.29, 1.82) is 0 Å². The van der Waals surface area contributed by atoms with Gasteiger partial charge in [0.15, 0.2) is 16.7 Å². The first kappa shape index (κ1) is 22.1. The van der Waals surface area contributed by atoms with Gasteiger partial charge >= 0.3 is 0 Å². The van der Waals surface area contributed by atoms with Crippen LogP contribution in [0.2, 0.25) is 0 Å². The number of aromatic nitrogens is 3. The summed E-state index contributed by atoms with van der Waals surface area (Å²) >= 11 is 1.32. The van der Waals surface area contributed by atoms with Gasteiger partial charge in [0, 0.05) is 18.8 Å². The third-order valence-electron chi connectivity index (χ3n) is 5.46. The number of likely N-dealkylation sites (tertiary alicyclic amines) is 1. The van der Waals surface area contributed by atoms with Crippen molar-refractivity contribution in [2.24, 2.45) is 5.73 Å². The Kier molecular flexibility index (Phi) is 6.91. The van der Waals surface area contributed by atoms with Gasteiger partial charge in [0.2, 0.25) is 11.8 Å². The highest BCUT2D eigenvalue weighted by atomic mass is 32.2. The van der Waals surface area contributed by atoms with Crippen LogP contribution in [0, 0.1) is 0 Å². The Bertz CT molecular complexity index is 1080. The van der Waals surface area contributed by atoms with Crippen molar-refractivity contribution in [2.75, 3.05) is 17.6 Å². The van der Waals surface area contributed by atoms with E-state index >= 15 is 0 Å². The highest BCUT2D eigenvalue weighted by Gasteiger charge is 2.29. The van der Waals surface area contributed by atoms with Gasteiger partial charge in [0.05, 0.1) is 18.1 Å². The average molecular weight is 455 g/mol.